The molecule has 1 aromatic heterocycles. The zero-order valence-electron chi connectivity index (χ0n) is 10.7. The topological polar surface area (TPSA) is 86.1 Å². The van der Waals surface area contributed by atoms with E-state index >= 15 is 0 Å². The van der Waals surface area contributed by atoms with Crippen LogP contribution in [0.1, 0.15) is 18.4 Å². The van der Waals surface area contributed by atoms with Crippen molar-refractivity contribution in [2.45, 2.75) is 23.9 Å². The van der Waals surface area contributed by atoms with Gasteiger partial charge < -0.3 is 5.32 Å². The molecule has 0 saturated carbocycles. The molecule has 1 aromatic rings. The normalized spacial score (nSPS) is 20.2. The van der Waals surface area contributed by atoms with E-state index in [1.54, 1.807) is 13.1 Å². The Morgan fingerprint density at radius 2 is 2.37 bits per heavy atom. The molecule has 6 nitrogen and oxygen atoms in total. The van der Waals surface area contributed by atoms with Crippen molar-refractivity contribution in [1.29, 1.82) is 5.26 Å². The van der Waals surface area contributed by atoms with Crippen LogP contribution in [0, 0.1) is 11.3 Å². The summed E-state index contributed by atoms with van der Waals surface area (Å²) in [5.74, 6) is 0. The van der Waals surface area contributed by atoms with Crippen LogP contribution in [-0.2, 0) is 10.0 Å². The van der Waals surface area contributed by atoms with Crippen LogP contribution in [0.15, 0.2) is 23.4 Å². The van der Waals surface area contributed by atoms with Gasteiger partial charge in [-0.25, -0.2) is 13.4 Å². The van der Waals surface area contributed by atoms with Crippen LogP contribution in [0.5, 0.6) is 0 Å². The van der Waals surface area contributed by atoms with Crippen LogP contribution < -0.4 is 5.32 Å². The van der Waals surface area contributed by atoms with E-state index in [1.807, 2.05) is 6.07 Å². The SMILES string of the molecule is CN([C@@H]1CCCNC1)S(=O)(=O)c1ncccc1C#N. The largest absolute Gasteiger partial charge is 0.315 e. The Bertz CT molecular complexity index is 588. The number of sulfonamides is 1. The third-order valence-electron chi connectivity index (χ3n) is 3.30. The van der Waals surface area contributed by atoms with E-state index in [0.29, 0.717) is 6.54 Å². The number of pyridine rings is 1. The number of nitriles is 1. The van der Waals surface area contributed by atoms with Crippen molar-refractivity contribution in [2.75, 3.05) is 20.1 Å². The summed E-state index contributed by atoms with van der Waals surface area (Å²) >= 11 is 0. The average Bonchev–Trinajstić information content (AvgIpc) is 2.47. The van der Waals surface area contributed by atoms with Gasteiger partial charge in [-0.3, -0.25) is 0 Å². The highest BCUT2D eigenvalue weighted by Crippen LogP contribution is 2.20. The monoisotopic (exact) mass is 280 g/mol. The number of hydrogen-bond acceptors (Lipinski definition) is 5. The second-order valence-corrected chi connectivity index (χ2v) is 6.40. The van der Waals surface area contributed by atoms with Gasteiger partial charge in [0, 0.05) is 25.8 Å². The lowest BCUT2D eigenvalue weighted by atomic mass is 10.1. The van der Waals surface area contributed by atoms with Crippen molar-refractivity contribution in [3.8, 4) is 6.07 Å². The van der Waals surface area contributed by atoms with Crippen LogP contribution in [0.2, 0.25) is 0 Å². The first-order valence-corrected chi connectivity index (χ1v) is 7.55. The fraction of sp³-hybridized carbons (Fsp3) is 0.500. The first-order valence-electron chi connectivity index (χ1n) is 6.11. The lowest BCUT2D eigenvalue weighted by Gasteiger charge is -2.30. The summed E-state index contributed by atoms with van der Waals surface area (Å²) < 4.78 is 26.3. The Morgan fingerprint density at radius 3 is 3.00 bits per heavy atom. The molecule has 0 bridgehead atoms. The van der Waals surface area contributed by atoms with E-state index in [4.69, 9.17) is 5.26 Å². The fourth-order valence-corrected chi connectivity index (χ4v) is 3.59. The van der Waals surface area contributed by atoms with Gasteiger partial charge in [-0.2, -0.15) is 9.57 Å². The minimum atomic E-state index is -3.72. The summed E-state index contributed by atoms with van der Waals surface area (Å²) in [6.45, 7) is 1.54. The van der Waals surface area contributed by atoms with Gasteiger partial charge in [-0.1, -0.05) is 0 Å². The molecule has 0 radical (unpaired) electrons. The van der Waals surface area contributed by atoms with E-state index < -0.39 is 10.0 Å². The second-order valence-electron chi connectivity index (χ2n) is 4.49. The standard InChI is InChI=1S/C12H16N4O2S/c1-16(11-5-3-6-14-9-11)19(17,18)12-10(8-13)4-2-7-15-12/h2,4,7,11,14H,3,5-6,9H2,1H3/t11-/m1/s1. The maximum atomic E-state index is 12.5. The zero-order chi connectivity index (χ0) is 13.9. The molecule has 1 aliphatic heterocycles. The van der Waals surface area contributed by atoms with Crippen molar-refractivity contribution in [1.82, 2.24) is 14.6 Å². The Morgan fingerprint density at radius 1 is 1.58 bits per heavy atom. The lowest BCUT2D eigenvalue weighted by molar-refractivity contribution is 0.299. The van der Waals surface area contributed by atoms with Gasteiger partial charge >= 0.3 is 0 Å². The number of nitrogens with zero attached hydrogens (tertiary/aromatic N) is 3. The predicted molar refractivity (Wildman–Crippen MR) is 69.8 cm³/mol. The van der Waals surface area contributed by atoms with Gasteiger partial charge in [0.1, 0.15) is 6.07 Å². The maximum Gasteiger partial charge on any atom is 0.261 e. The molecule has 0 spiro atoms. The lowest BCUT2D eigenvalue weighted by Crippen LogP contribution is -2.46. The summed E-state index contributed by atoms with van der Waals surface area (Å²) in [5.41, 5.74) is 0.0816. The molecule has 2 heterocycles. The number of piperidine rings is 1. The smallest absolute Gasteiger partial charge is 0.261 e. The van der Waals surface area contributed by atoms with Crippen LogP contribution >= 0.6 is 0 Å². The number of nitrogens with one attached hydrogen (secondary N) is 1. The molecule has 1 fully saturated rings. The van der Waals surface area contributed by atoms with Gasteiger partial charge in [0.25, 0.3) is 10.0 Å². The molecule has 1 saturated heterocycles. The van der Waals surface area contributed by atoms with Crippen LogP contribution in [0.25, 0.3) is 0 Å². The van der Waals surface area contributed by atoms with Crippen molar-refractivity contribution in [3.05, 3.63) is 23.9 Å². The number of aromatic nitrogens is 1. The molecule has 1 aliphatic rings. The molecular formula is C12H16N4O2S. The molecule has 1 N–H and O–H groups in total. The first kappa shape index (κ1) is 13.9. The summed E-state index contributed by atoms with van der Waals surface area (Å²) in [6.07, 6.45) is 3.15. The molecule has 0 unspecified atom stereocenters. The van der Waals surface area contributed by atoms with E-state index in [0.717, 1.165) is 19.4 Å². The molecule has 1 atom stereocenters. The van der Waals surface area contributed by atoms with E-state index in [1.165, 1.54) is 16.6 Å². The van der Waals surface area contributed by atoms with Crippen LogP contribution in [0.3, 0.4) is 0 Å². The quantitative estimate of drug-likeness (QED) is 0.862. The third-order valence-corrected chi connectivity index (χ3v) is 5.17. The first-order chi connectivity index (χ1) is 9.07. The predicted octanol–water partition coefficient (Wildman–Crippen LogP) is 0.326. The van der Waals surface area contributed by atoms with Gasteiger partial charge in [0.05, 0.1) is 5.56 Å². The Hall–Kier alpha value is -1.49. The maximum absolute atomic E-state index is 12.5. The highest BCUT2D eigenvalue weighted by molar-refractivity contribution is 7.89. The fourth-order valence-electron chi connectivity index (χ4n) is 2.16. The molecule has 0 aliphatic carbocycles. The van der Waals surface area contributed by atoms with Crippen molar-refractivity contribution >= 4 is 10.0 Å². The molecule has 102 valence electrons. The minimum absolute atomic E-state index is 0.0816. The van der Waals surface area contributed by atoms with Crippen LogP contribution in [0.4, 0.5) is 0 Å². The highest BCUT2D eigenvalue weighted by atomic mass is 32.2. The molecule has 19 heavy (non-hydrogen) atoms. The number of rotatable bonds is 3. The van der Waals surface area contributed by atoms with E-state index in [-0.39, 0.29) is 16.6 Å². The highest BCUT2D eigenvalue weighted by Gasteiger charge is 2.31. The van der Waals surface area contributed by atoms with Gasteiger partial charge in [-0.15, -0.1) is 0 Å². The van der Waals surface area contributed by atoms with Crippen molar-refractivity contribution < 1.29 is 8.42 Å². The Kier molecular flexibility index (Phi) is 4.14. The van der Waals surface area contributed by atoms with E-state index in [9.17, 15) is 8.42 Å². The zero-order valence-corrected chi connectivity index (χ0v) is 11.5. The second kappa shape index (κ2) is 5.65. The molecular weight excluding hydrogens is 264 g/mol. The molecule has 0 aromatic carbocycles. The average molecular weight is 280 g/mol. The van der Waals surface area contributed by atoms with Crippen molar-refractivity contribution in [2.24, 2.45) is 0 Å². The van der Waals surface area contributed by atoms with E-state index in [2.05, 4.69) is 10.3 Å². The number of hydrogen-bond donors (Lipinski definition) is 1. The molecule has 0 amide bonds. The summed E-state index contributed by atoms with van der Waals surface area (Å²) in [7, 11) is -2.18. The summed E-state index contributed by atoms with van der Waals surface area (Å²) in [6, 6.07) is 4.81. The van der Waals surface area contributed by atoms with Crippen molar-refractivity contribution in [3.63, 3.8) is 0 Å². The summed E-state index contributed by atoms with van der Waals surface area (Å²) in [4.78, 5) is 3.86. The minimum Gasteiger partial charge on any atom is -0.315 e. The Balaban J connectivity index is 2.34. The molecule has 7 heteroatoms. The Labute approximate surface area is 113 Å². The molecule has 2 rings (SSSR count). The van der Waals surface area contributed by atoms with Gasteiger partial charge in [0.15, 0.2) is 5.03 Å². The third kappa shape index (κ3) is 2.76. The van der Waals surface area contributed by atoms with Gasteiger partial charge in [-0.05, 0) is 31.5 Å². The van der Waals surface area contributed by atoms with Gasteiger partial charge in [0.2, 0.25) is 0 Å². The summed E-state index contributed by atoms with van der Waals surface area (Å²) in [5, 5.41) is 12.0. The van der Waals surface area contributed by atoms with Crippen LogP contribution in [-0.4, -0.2) is 43.9 Å². The number of likely N-dealkylation sites (N-methyl/N-ethyl adjacent to an activating group) is 1.